The Bertz CT molecular complexity index is 804. The molecule has 6 nitrogen and oxygen atoms in total. The number of aromatic carboxylic acids is 1. The second-order valence-corrected chi connectivity index (χ2v) is 6.01. The van der Waals surface area contributed by atoms with E-state index in [1.54, 1.807) is 30.0 Å². The third kappa shape index (κ3) is 3.13. The fraction of sp³-hybridized carbons (Fsp3) is 0.333. The molecule has 1 fully saturated rings. The van der Waals surface area contributed by atoms with E-state index >= 15 is 0 Å². The average Bonchev–Trinajstić information content (AvgIpc) is 3.04. The monoisotopic (exact) mass is 325 g/mol. The molecule has 1 aromatic carbocycles. The first kappa shape index (κ1) is 16.1. The van der Waals surface area contributed by atoms with E-state index in [0.717, 1.165) is 30.6 Å². The number of benzene rings is 1. The van der Waals surface area contributed by atoms with Crippen LogP contribution in [0, 0.1) is 6.92 Å². The summed E-state index contributed by atoms with van der Waals surface area (Å²) in [6.07, 6.45) is 1.78. The van der Waals surface area contributed by atoms with Crippen molar-refractivity contribution >= 4 is 11.9 Å². The Morgan fingerprint density at radius 3 is 2.75 bits per heavy atom. The van der Waals surface area contributed by atoms with Crippen molar-refractivity contribution < 1.29 is 14.7 Å². The van der Waals surface area contributed by atoms with E-state index in [9.17, 15) is 9.59 Å². The lowest BCUT2D eigenvalue weighted by Gasteiger charge is -2.22. The van der Waals surface area contributed by atoms with Gasteiger partial charge in [0.15, 0.2) is 5.82 Å². The molecule has 3 rings (SSSR count). The highest BCUT2D eigenvalue weighted by Crippen LogP contribution is 2.31. The number of hydrogen-bond donors (Lipinski definition) is 1. The molecule has 24 heavy (non-hydrogen) atoms. The van der Waals surface area contributed by atoms with E-state index in [0.29, 0.717) is 11.5 Å². The van der Waals surface area contributed by atoms with Gasteiger partial charge < -0.3 is 10.0 Å². The lowest BCUT2D eigenvalue weighted by molar-refractivity contribution is -0.129. The van der Waals surface area contributed by atoms with Gasteiger partial charge >= 0.3 is 5.97 Å². The van der Waals surface area contributed by atoms with Crippen LogP contribution < -0.4 is 0 Å². The molecule has 1 N–H and O–H groups in total. The maximum absolute atomic E-state index is 11.8. The van der Waals surface area contributed by atoms with Crippen LogP contribution >= 0.6 is 0 Å². The Labute approximate surface area is 140 Å². The highest BCUT2D eigenvalue weighted by Gasteiger charge is 2.30. The molecule has 2 aromatic rings. The molecule has 2 heterocycles. The second-order valence-electron chi connectivity index (χ2n) is 6.01. The van der Waals surface area contributed by atoms with Gasteiger partial charge in [-0.2, -0.15) is 0 Å². The summed E-state index contributed by atoms with van der Waals surface area (Å²) in [6, 6.07) is 8.41. The summed E-state index contributed by atoms with van der Waals surface area (Å²) in [5.74, 6) is -0.322. The van der Waals surface area contributed by atoms with Crippen LogP contribution in [0.15, 0.2) is 30.3 Å². The van der Waals surface area contributed by atoms with E-state index < -0.39 is 5.97 Å². The predicted molar refractivity (Wildman–Crippen MR) is 88.5 cm³/mol. The Morgan fingerprint density at radius 2 is 2.04 bits per heavy atom. The molecule has 0 spiro atoms. The third-order valence-electron chi connectivity index (χ3n) is 4.23. The largest absolute Gasteiger partial charge is 0.478 e. The SMILES string of the molecule is CC(=O)N1CCC[C@@H]1c1nc(C)cc(-c2cccc(C(=O)O)c2)n1. The third-order valence-corrected chi connectivity index (χ3v) is 4.23. The number of aryl methyl sites for hydroxylation is 1. The van der Waals surface area contributed by atoms with Crippen molar-refractivity contribution in [3.05, 3.63) is 47.4 Å². The summed E-state index contributed by atoms with van der Waals surface area (Å²) in [5.41, 5.74) is 2.42. The van der Waals surface area contributed by atoms with E-state index in [1.165, 1.54) is 0 Å². The second kappa shape index (κ2) is 6.39. The van der Waals surface area contributed by atoms with Crippen LogP contribution in [0.1, 0.15) is 47.7 Å². The number of carboxylic acids is 1. The Kier molecular flexibility index (Phi) is 4.29. The molecule has 0 saturated carbocycles. The number of hydrogen-bond acceptors (Lipinski definition) is 4. The molecule has 1 aliphatic rings. The topological polar surface area (TPSA) is 83.4 Å². The molecular formula is C18H19N3O3. The summed E-state index contributed by atoms with van der Waals surface area (Å²) in [5, 5.41) is 9.16. The molecule has 0 bridgehead atoms. The van der Waals surface area contributed by atoms with Gasteiger partial charge in [0.25, 0.3) is 0 Å². The van der Waals surface area contributed by atoms with Crippen LogP contribution in [0.25, 0.3) is 11.3 Å². The number of carbonyl (C=O) groups excluding carboxylic acids is 1. The number of likely N-dealkylation sites (tertiary alicyclic amines) is 1. The van der Waals surface area contributed by atoms with Gasteiger partial charge in [-0.3, -0.25) is 4.79 Å². The summed E-state index contributed by atoms with van der Waals surface area (Å²) in [7, 11) is 0. The van der Waals surface area contributed by atoms with E-state index in [4.69, 9.17) is 5.11 Å². The van der Waals surface area contributed by atoms with Gasteiger partial charge in [-0.05, 0) is 38.0 Å². The van der Waals surface area contributed by atoms with Gasteiger partial charge in [-0.25, -0.2) is 14.8 Å². The number of amides is 1. The van der Waals surface area contributed by atoms with Gasteiger partial charge in [-0.15, -0.1) is 0 Å². The lowest BCUT2D eigenvalue weighted by atomic mass is 10.1. The molecule has 124 valence electrons. The molecular weight excluding hydrogens is 306 g/mol. The van der Waals surface area contributed by atoms with Crippen molar-refractivity contribution in [3.8, 4) is 11.3 Å². The first-order valence-corrected chi connectivity index (χ1v) is 7.92. The van der Waals surface area contributed by atoms with Gasteiger partial charge in [0.05, 0.1) is 17.3 Å². The zero-order chi connectivity index (χ0) is 17.3. The van der Waals surface area contributed by atoms with Crippen LogP contribution in [0.2, 0.25) is 0 Å². The Hall–Kier alpha value is -2.76. The predicted octanol–water partition coefficient (Wildman–Crippen LogP) is 2.83. The fourth-order valence-corrected chi connectivity index (χ4v) is 3.11. The highest BCUT2D eigenvalue weighted by atomic mass is 16.4. The van der Waals surface area contributed by atoms with Crippen molar-refractivity contribution in [3.63, 3.8) is 0 Å². The summed E-state index contributed by atoms with van der Waals surface area (Å²) >= 11 is 0. The minimum atomic E-state index is -0.971. The number of carbonyl (C=O) groups is 2. The molecule has 1 saturated heterocycles. The maximum atomic E-state index is 11.8. The Balaban J connectivity index is 2.02. The minimum Gasteiger partial charge on any atom is -0.478 e. The molecule has 0 unspecified atom stereocenters. The molecule has 6 heteroatoms. The molecule has 1 aromatic heterocycles. The molecule has 0 aliphatic carbocycles. The maximum Gasteiger partial charge on any atom is 0.335 e. The van der Waals surface area contributed by atoms with Crippen LogP contribution in [-0.2, 0) is 4.79 Å². The van der Waals surface area contributed by atoms with Crippen molar-refractivity contribution in [1.29, 1.82) is 0 Å². The minimum absolute atomic E-state index is 0.0250. The summed E-state index contributed by atoms with van der Waals surface area (Å²) < 4.78 is 0. The molecule has 0 radical (unpaired) electrons. The summed E-state index contributed by atoms with van der Waals surface area (Å²) in [4.78, 5) is 33.9. The summed E-state index contributed by atoms with van der Waals surface area (Å²) in [6.45, 7) is 4.16. The van der Waals surface area contributed by atoms with E-state index in [1.807, 2.05) is 19.1 Å². The van der Waals surface area contributed by atoms with E-state index in [2.05, 4.69) is 9.97 Å². The molecule has 1 amide bonds. The van der Waals surface area contributed by atoms with Gasteiger partial charge in [-0.1, -0.05) is 12.1 Å². The fourth-order valence-electron chi connectivity index (χ4n) is 3.11. The number of aromatic nitrogens is 2. The quantitative estimate of drug-likeness (QED) is 0.938. The van der Waals surface area contributed by atoms with Crippen LogP contribution in [0.5, 0.6) is 0 Å². The van der Waals surface area contributed by atoms with Crippen LogP contribution in [0.4, 0.5) is 0 Å². The highest BCUT2D eigenvalue weighted by molar-refractivity contribution is 5.89. The molecule has 1 atom stereocenters. The van der Waals surface area contributed by atoms with Crippen molar-refractivity contribution in [2.75, 3.05) is 6.54 Å². The van der Waals surface area contributed by atoms with Crippen molar-refractivity contribution in [2.24, 2.45) is 0 Å². The smallest absolute Gasteiger partial charge is 0.335 e. The first-order valence-electron chi connectivity index (χ1n) is 7.92. The Morgan fingerprint density at radius 1 is 1.25 bits per heavy atom. The van der Waals surface area contributed by atoms with Gasteiger partial charge in [0, 0.05) is 24.7 Å². The number of rotatable bonds is 3. The van der Waals surface area contributed by atoms with Gasteiger partial charge in [0.1, 0.15) is 0 Å². The lowest BCUT2D eigenvalue weighted by Crippen LogP contribution is -2.29. The van der Waals surface area contributed by atoms with E-state index in [-0.39, 0.29) is 17.5 Å². The zero-order valence-electron chi connectivity index (χ0n) is 13.7. The number of carboxylic acid groups (broad SMARTS) is 1. The zero-order valence-corrected chi connectivity index (χ0v) is 13.7. The average molecular weight is 325 g/mol. The van der Waals surface area contributed by atoms with Gasteiger partial charge in [0.2, 0.25) is 5.91 Å². The van der Waals surface area contributed by atoms with Crippen molar-refractivity contribution in [2.45, 2.75) is 32.7 Å². The normalized spacial score (nSPS) is 17.1. The van der Waals surface area contributed by atoms with Crippen LogP contribution in [-0.4, -0.2) is 38.4 Å². The van der Waals surface area contributed by atoms with Crippen molar-refractivity contribution in [1.82, 2.24) is 14.9 Å². The number of nitrogens with zero attached hydrogens (tertiary/aromatic N) is 3. The van der Waals surface area contributed by atoms with Crippen LogP contribution in [0.3, 0.4) is 0 Å². The first-order chi connectivity index (χ1) is 11.5. The molecule has 1 aliphatic heterocycles. The standard InChI is InChI=1S/C18H19N3O3/c1-11-9-15(13-5-3-6-14(10-13)18(23)24)20-17(19-11)16-7-4-8-21(16)12(2)22/h3,5-6,9-10,16H,4,7-8H2,1-2H3,(H,23,24)/t16-/m1/s1.